The van der Waals surface area contributed by atoms with Crippen molar-refractivity contribution in [1.29, 1.82) is 0 Å². The van der Waals surface area contributed by atoms with Crippen LogP contribution >= 0.6 is 22.9 Å². The van der Waals surface area contributed by atoms with Gasteiger partial charge in [-0.1, -0.05) is 29.8 Å². The summed E-state index contributed by atoms with van der Waals surface area (Å²) >= 11 is 7.74. The molecule has 0 unspecified atom stereocenters. The first kappa shape index (κ1) is 13.9. The molecular weight excluding hydrogens is 304 g/mol. The van der Waals surface area contributed by atoms with Gasteiger partial charge in [-0.2, -0.15) is 0 Å². The van der Waals surface area contributed by atoms with Gasteiger partial charge in [0, 0.05) is 16.6 Å². The number of nitrogen functional groups attached to an aromatic ring is 1. The molecule has 2 N–H and O–H groups in total. The van der Waals surface area contributed by atoms with Gasteiger partial charge in [0.05, 0.1) is 10.7 Å². The Balaban J connectivity index is 1.71. The van der Waals surface area contributed by atoms with Crippen LogP contribution in [0, 0.1) is 0 Å². The number of hydrogen-bond acceptors (Lipinski definition) is 4. The molecule has 0 aliphatic heterocycles. The van der Waals surface area contributed by atoms with Crippen LogP contribution in [0.3, 0.4) is 0 Å². The first-order valence-corrected chi connectivity index (χ1v) is 7.66. The first-order chi connectivity index (χ1) is 10.2. The van der Waals surface area contributed by atoms with Crippen LogP contribution in [-0.2, 0) is 6.61 Å². The number of nitrogens with two attached hydrogens (primary N) is 1. The van der Waals surface area contributed by atoms with Gasteiger partial charge in [-0.25, -0.2) is 4.98 Å². The molecule has 0 radical (unpaired) electrons. The average molecular weight is 317 g/mol. The molecule has 0 aliphatic carbocycles. The van der Waals surface area contributed by atoms with Gasteiger partial charge < -0.3 is 10.5 Å². The molecule has 3 nitrogen and oxygen atoms in total. The lowest BCUT2D eigenvalue weighted by Crippen LogP contribution is -1.96. The third kappa shape index (κ3) is 3.35. The van der Waals surface area contributed by atoms with E-state index in [-0.39, 0.29) is 0 Å². The Kier molecular flexibility index (Phi) is 4.08. The van der Waals surface area contributed by atoms with E-state index in [0.29, 0.717) is 11.6 Å². The van der Waals surface area contributed by atoms with Crippen molar-refractivity contribution in [2.24, 2.45) is 0 Å². The molecule has 3 rings (SSSR count). The minimum atomic E-state index is 0.421. The quantitative estimate of drug-likeness (QED) is 0.714. The lowest BCUT2D eigenvalue weighted by Gasteiger charge is -2.04. The number of aromatic nitrogens is 1. The molecule has 0 spiro atoms. The van der Waals surface area contributed by atoms with E-state index in [1.165, 1.54) is 0 Å². The Morgan fingerprint density at radius 2 is 1.86 bits per heavy atom. The van der Waals surface area contributed by atoms with E-state index >= 15 is 0 Å². The Morgan fingerprint density at radius 1 is 1.10 bits per heavy atom. The maximum atomic E-state index is 6.18. The highest BCUT2D eigenvalue weighted by Gasteiger charge is 2.08. The van der Waals surface area contributed by atoms with Crippen molar-refractivity contribution in [3.8, 4) is 16.3 Å². The van der Waals surface area contributed by atoms with Crippen molar-refractivity contribution in [3.05, 3.63) is 64.6 Å². The molecule has 1 aromatic heterocycles. The lowest BCUT2D eigenvalue weighted by atomic mass is 10.2. The second kappa shape index (κ2) is 6.16. The Hall–Kier alpha value is -2.04. The zero-order valence-corrected chi connectivity index (χ0v) is 12.7. The minimum absolute atomic E-state index is 0.421. The molecule has 0 aliphatic rings. The van der Waals surface area contributed by atoms with Crippen LogP contribution in [0.15, 0.2) is 53.9 Å². The van der Waals surface area contributed by atoms with Crippen molar-refractivity contribution >= 4 is 28.6 Å². The third-order valence-corrected chi connectivity index (χ3v) is 4.18. The van der Waals surface area contributed by atoms with Crippen LogP contribution < -0.4 is 10.5 Å². The minimum Gasteiger partial charge on any atom is -0.487 e. The van der Waals surface area contributed by atoms with E-state index in [1.807, 2.05) is 53.9 Å². The fraction of sp³-hybridized carbons (Fsp3) is 0.0625. The van der Waals surface area contributed by atoms with Crippen molar-refractivity contribution in [2.75, 3.05) is 5.73 Å². The van der Waals surface area contributed by atoms with E-state index < -0.39 is 0 Å². The van der Waals surface area contributed by atoms with Crippen molar-refractivity contribution in [2.45, 2.75) is 6.61 Å². The Bertz CT molecular complexity index is 740. The molecular formula is C16H13ClN2OS. The van der Waals surface area contributed by atoms with Gasteiger partial charge in [0.25, 0.3) is 0 Å². The summed E-state index contributed by atoms with van der Waals surface area (Å²) in [5.41, 5.74) is 8.18. The molecule has 0 amide bonds. The highest BCUT2D eigenvalue weighted by molar-refractivity contribution is 7.13. The monoisotopic (exact) mass is 316 g/mol. The highest BCUT2D eigenvalue weighted by atomic mass is 35.5. The SMILES string of the molecule is Nc1ccc(OCc2csc(-c3ccccc3Cl)n2)cc1. The number of benzene rings is 2. The molecule has 0 fully saturated rings. The van der Waals surface area contributed by atoms with Crippen LogP contribution in [0.4, 0.5) is 5.69 Å². The second-order valence-corrected chi connectivity index (χ2v) is 5.75. The second-order valence-electron chi connectivity index (χ2n) is 4.48. The maximum absolute atomic E-state index is 6.18. The van der Waals surface area contributed by atoms with Gasteiger partial charge in [-0.15, -0.1) is 11.3 Å². The Labute approximate surface area is 132 Å². The molecule has 0 saturated heterocycles. The predicted molar refractivity (Wildman–Crippen MR) is 87.7 cm³/mol. The van der Waals surface area contributed by atoms with Crippen LogP contribution in [-0.4, -0.2) is 4.98 Å². The molecule has 2 aromatic carbocycles. The van der Waals surface area contributed by atoms with E-state index in [0.717, 1.165) is 27.7 Å². The highest BCUT2D eigenvalue weighted by Crippen LogP contribution is 2.30. The predicted octanol–water partition coefficient (Wildman–Crippen LogP) is 4.62. The van der Waals surface area contributed by atoms with E-state index in [1.54, 1.807) is 11.3 Å². The smallest absolute Gasteiger partial charge is 0.131 e. The summed E-state index contributed by atoms with van der Waals surface area (Å²) in [6.07, 6.45) is 0. The van der Waals surface area contributed by atoms with E-state index in [2.05, 4.69) is 4.98 Å². The molecule has 5 heteroatoms. The number of hydrogen-bond donors (Lipinski definition) is 1. The van der Waals surface area contributed by atoms with Crippen LogP contribution in [0.5, 0.6) is 5.75 Å². The zero-order chi connectivity index (χ0) is 14.7. The van der Waals surface area contributed by atoms with Crippen LogP contribution in [0.1, 0.15) is 5.69 Å². The summed E-state index contributed by atoms with van der Waals surface area (Å²) in [5.74, 6) is 0.775. The summed E-state index contributed by atoms with van der Waals surface area (Å²) in [7, 11) is 0. The van der Waals surface area contributed by atoms with E-state index in [9.17, 15) is 0 Å². The average Bonchev–Trinajstić information content (AvgIpc) is 2.96. The fourth-order valence-electron chi connectivity index (χ4n) is 1.85. The molecule has 106 valence electrons. The summed E-state index contributed by atoms with van der Waals surface area (Å²) in [5, 5.41) is 3.59. The standard InChI is InChI=1S/C16H13ClN2OS/c17-15-4-2-1-3-14(15)16-19-12(10-21-16)9-20-13-7-5-11(18)6-8-13/h1-8,10H,9,18H2. The van der Waals surface area contributed by atoms with Gasteiger partial charge in [0.1, 0.15) is 17.4 Å². The number of thiazole rings is 1. The molecule has 3 aromatic rings. The van der Waals surface area contributed by atoms with Crippen molar-refractivity contribution in [3.63, 3.8) is 0 Å². The van der Waals surface area contributed by atoms with Crippen molar-refractivity contribution in [1.82, 2.24) is 4.98 Å². The molecule has 0 atom stereocenters. The van der Waals surface area contributed by atoms with Gasteiger partial charge in [0.15, 0.2) is 0 Å². The Morgan fingerprint density at radius 3 is 2.62 bits per heavy atom. The third-order valence-electron chi connectivity index (χ3n) is 2.92. The van der Waals surface area contributed by atoms with E-state index in [4.69, 9.17) is 22.1 Å². The molecule has 0 bridgehead atoms. The van der Waals surface area contributed by atoms with Gasteiger partial charge in [-0.3, -0.25) is 0 Å². The summed E-state index contributed by atoms with van der Waals surface area (Å²) in [6.45, 7) is 0.421. The van der Waals surface area contributed by atoms with Crippen LogP contribution in [0.25, 0.3) is 10.6 Å². The van der Waals surface area contributed by atoms with Gasteiger partial charge >= 0.3 is 0 Å². The number of anilines is 1. The first-order valence-electron chi connectivity index (χ1n) is 6.40. The summed E-state index contributed by atoms with van der Waals surface area (Å²) in [6, 6.07) is 15.0. The summed E-state index contributed by atoms with van der Waals surface area (Å²) in [4.78, 5) is 4.56. The number of nitrogens with zero attached hydrogens (tertiary/aromatic N) is 1. The van der Waals surface area contributed by atoms with Crippen molar-refractivity contribution < 1.29 is 4.74 Å². The fourth-order valence-corrected chi connectivity index (χ4v) is 2.98. The number of rotatable bonds is 4. The topological polar surface area (TPSA) is 48.1 Å². The largest absolute Gasteiger partial charge is 0.487 e. The normalized spacial score (nSPS) is 10.5. The zero-order valence-electron chi connectivity index (χ0n) is 11.1. The molecule has 1 heterocycles. The number of ether oxygens (including phenoxy) is 1. The van der Waals surface area contributed by atoms with Crippen LogP contribution in [0.2, 0.25) is 5.02 Å². The lowest BCUT2D eigenvalue weighted by molar-refractivity contribution is 0.302. The van der Waals surface area contributed by atoms with Gasteiger partial charge in [-0.05, 0) is 30.3 Å². The number of halogens is 1. The van der Waals surface area contributed by atoms with Gasteiger partial charge in [0.2, 0.25) is 0 Å². The molecule has 21 heavy (non-hydrogen) atoms. The molecule has 0 saturated carbocycles. The maximum Gasteiger partial charge on any atom is 0.131 e. The summed E-state index contributed by atoms with van der Waals surface area (Å²) < 4.78 is 5.68.